The minimum absolute atomic E-state index is 0.182. The van der Waals surface area contributed by atoms with Crippen molar-refractivity contribution in [3.63, 3.8) is 0 Å². The maximum atomic E-state index is 11.3. The number of benzene rings is 2. The minimum atomic E-state index is -0.820. The van der Waals surface area contributed by atoms with Gasteiger partial charge in [0.25, 0.3) is 0 Å². The normalized spacial score (nSPS) is 38.4. The fraction of sp³-hybridized carbons (Fsp3) is 0.520. The van der Waals surface area contributed by atoms with Crippen LogP contribution in [0.4, 0.5) is 0 Å². The second kappa shape index (κ2) is 5.30. The standard InChI is InChI=1S/C25H27NO5/c1-26-11-10-24-18-13-4-7-16(29-2)21(18)31-22(24)25(30-3)9-8-23(24,17(26)12-13)19-14(27)5-6-15(28)20(19)25/h4-7,17,22,27-28H,8-12H2,1-3H3/t17-,22-,23+,24+,25-/m0/s1. The van der Waals surface area contributed by atoms with Crippen molar-refractivity contribution >= 4 is 0 Å². The molecule has 1 saturated heterocycles. The number of nitrogens with zero attached hydrogens (tertiary/aromatic N) is 1. The molecule has 1 saturated carbocycles. The number of likely N-dealkylation sites (N-methyl/N-ethyl adjacent to an activating group) is 1. The van der Waals surface area contributed by atoms with Gasteiger partial charge in [-0.25, -0.2) is 0 Å². The zero-order valence-corrected chi connectivity index (χ0v) is 18.1. The molecule has 0 radical (unpaired) electrons. The van der Waals surface area contributed by atoms with Gasteiger partial charge >= 0.3 is 0 Å². The quantitative estimate of drug-likeness (QED) is 0.727. The first kappa shape index (κ1) is 18.2. The summed E-state index contributed by atoms with van der Waals surface area (Å²) in [5, 5.41) is 22.4. The van der Waals surface area contributed by atoms with Gasteiger partial charge in [-0.3, -0.25) is 0 Å². The second-order valence-corrected chi connectivity index (χ2v) is 9.97. The highest BCUT2D eigenvalue weighted by atomic mass is 16.6. The second-order valence-electron chi connectivity index (χ2n) is 9.97. The maximum Gasteiger partial charge on any atom is 0.166 e. The van der Waals surface area contributed by atoms with Crippen LogP contribution in [0.3, 0.4) is 0 Å². The van der Waals surface area contributed by atoms with Crippen LogP contribution in [0.25, 0.3) is 0 Å². The molecular formula is C25H27NO5. The summed E-state index contributed by atoms with van der Waals surface area (Å²) >= 11 is 0. The Kier molecular flexibility index (Phi) is 3.11. The molecule has 2 heterocycles. The first-order valence-corrected chi connectivity index (χ1v) is 11.1. The molecule has 0 aromatic heterocycles. The van der Waals surface area contributed by atoms with Gasteiger partial charge in [-0.1, -0.05) is 6.07 Å². The van der Waals surface area contributed by atoms with E-state index in [4.69, 9.17) is 14.2 Å². The molecule has 8 rings (SSSR count). The lowest BCUT2D eigenvalue weighted by molar-refractivity contribution is -0.206. The smallest absolute Gasteiger partial charge is 0.166 e. The van der Waals surface area contributed by atoms with Crippen LogP contribution in [0, 0.1) is 0 Å². The molecule has 6 aliphatic rings. The van der Waals surface area contributed by atoms with Crippen LogP contribution in [0.2, 0.25) is 0 Å². The fourth-order valence-corrected chi connectivity index (χ4v) is 8.49. The molecule has 0 unspecified atom stereocenters. The number of hydrogen-bond acceptors (Lipinski definition) is 6. The minimum Gasteiger partial charge on any atom is -0.508 e. The third-order valence-corrected chi connectivity index (χ3v) is 9.44. The Balaban J connectivity index is 1.69. The van der Waals surface area contributed by atoms with Crippen LogP contribution in [0.1, 0.15) is 41.5 Å². The zero-order chi connectivity index (χ0) is 21.3. The highest BCUT2D eigenvalue weighted by molar-refractivity contribution is 5.72. The van der Waals surface area contributed by atoms with Crippen LogP contribution in [0.5, 0.6) is 23.0 Å². The van der Waals surface area contributed by atoms with Crippen LogP contribution < -0.4 is 9.47 Å². The van der Waals surface area contributed by atoms with Gasteiger partial charge < -0.3 is 29.3 Å². The van der Waals surface area contributed by atoms with Gasteiger partial charge in [0.15, 0.2) is 11.5 Å². The van der Waals surface area contributed by atoms with E-state index >= 15 is 0 Å². The average molecular weight is 421 g/mol. The Morgan fingerprint density at radius 3 is 2.48 bits per heavy atom. The summed E-state index contributed by atoms with van der Waals surface area (Å²) in [6.07, 6.45) is 3.15. The van der Waals surface area contributed by atoms with E-state index in [-0.39, 0.29) is 34.5 Å². The summed E-state index contributed by atoms with van der Waals surface area (Å²) in [5.41, 5.74) is 2.65. The van der Waals surface area contributed by atoms with Gasteiger partial charge in [0.05, 0.1) is 12.5 Å². The summed E-state index contributed by atoms with van der Waals surface area (Å²) in [6, 6.07) is 7.65. The van der Waals surface area contributed by atoms with E-state index in [1.807, 2.05) is 6.07 Å². The molecule has 31 heavy (non-hydrogen) atoms. The van der Waals surface area contributed by atoms with E-state index in [0.29, 0.717) is 0 Å². The SMILES string of the molecule is COc1ccc2c3c1O[C@@H]1[C@]4(OC)CC[C@]5(c6c(O)ccc(O)c64)[C@H](C2)N(C)CC[C@@]315. The number of fused-ring (bicyclic) bond motifs is 1. The van der Waals surface area contributed by atoms with Gasteiger partial charge in [-0.15, -0.1) is 0 Å². The zero-order valence-electron chi connectivity index (χ0n) is 18.1. The maximum absolute atomic E-state index is 11.3. The van der Waals surface area contributed by atoms with Crippen molar-refractivity contribution in [1.29, 1.82) is 0 Å². The third-order valence-electron chi connectivity index (χ3n) is 9.44. The molecule has 162 valence electrons. The van der Waals surface area contributed by atoms with E-state index in [0.717, 1.165) is 54.9 Å². The highest BCUT2D eigenvalue weighted by Crippen LogP contribution is 2.77. The van der Waals surface area contributed by atoms with Crippen molar-refractivity contribution in [3.8, 4) is 23.0 Å². The van der Waals surface area contributed by atoms with E-state index in [2.05, 4.69) is 18.0 Å². The van der Waals surface area contributed by atoms with Crippen LogP contribution in [-0.2, 0) is 27.6 Å². The van der Waals surface area contributed by atoms with Crippen LogP contribution in [0.15, 0.2) is 24.3 Å². The van der Waals surface area contributed by atoms with E-state index in [1.54, 1.807) is 26.4 Å². The van der Waals surface area contributed by atoms with Crippen molar-refractivity contribution in [2.75, 3.05) is 27.8 Å². The molecule has 6 heteroatoms. The predicted octanol–water partition coefficient (Wildman–Crippen LogP) is 2.95. The van der Waals surface area contributed by atoms with Crippen molar-refractivity contribution in [1.82, 2.24) is 4.90 Å². The van der Waals surface area contributed by atoms with Crippen LogP contribution in [-0.4, -0.2) is 55.1 Å². The van der Waals surface area contributed by atoms with Crippen molar-refractivity contribution in [2.45, 2.75) is 54.3 Å². The predicted molar refractivity (Wildman–Crippen MR) is 113 cm³/mol. The van der Waals surface area contributed by atoms with Gasteiger partial charge in [-0.2, -0.15) is 0 Å². The first-order chi connectivity index (χ1) is 15.0. The molecule has 6 nitrogen and oxygen atoms in total. The number of hydrogen-bond donors (Lipinski definition) is 2. The van der Waals surface area contributed by atoms with E-state index < -0.39 is 5.60 Å². The monoisotopic (exact) mass is 421 g/mol. The molecule has 0 amide bonds. The number of aromatic hydroxyl groups is 2. The van der Waals surface area contributed by atoms with Crippen molar-refractivity contribution < 1.29 is 24.4 Å². The number of methoxy groups -OCH3 is 2. The van der Waals surface area contributed by atoms with Gasteiger partial charge in [-0.05, 0) is 63.0 Å². The highest BCUT2D eigenvalue weighted by Gasteiger charge is 2.81. The van der Waals surface area contributed by atoms with Gasteiger partial charge in [0.1, 0.15) is 23.2 Å². The Morgan fingerprint density at radius 1 is 0.968 bits per heavy atom. The number of likely N-dealkylation sites (tertiary alicyclic amines) is 1. The molecule has 2 aromatic carbocycles. The summed E-state index contributed by atoms with van der Waals surface area (Å²) in [7, 11) is 5.59. The summed E-state index contributed by atoms with van der Waals surface area (Å²) in [5.74, 6) is 2.01. The topological polar surface area (TPSA) is 71.4 Å². The Bertz CT molecular complexity index is 1160. The van der Waals surface area contributed by atoms with E-state index in [1.165, 1.54) is 11.1 Å². The Labute approximate surface area is 181 Å². The lowest BCUT2D eigenvalue weighted by Gasteiger charge is -2.71. The van der Waals surface area contributed by atoms with Crippen molar-refractivity contribution in [2.24, 2.45) is 0 Å². The molecule has 2 aliphatic heterocycles. The van der Waals surface area contributed by atoms with Crippen LogP contribution >= 0.6 is 0 Å². The molecule has 4 bridgehead atoms. The Morgan fingerprint density at radius 2 is 1.74 bits per heavy atom. The number of ether oxygens (including phenoxy) is 3. The largest absolute Gasteiger partial charge is 0.508 e. The summed E-state index contributed by atoms with van der Waals surface area (Å²) < 4.78 is 18.9. The number of piperidine rings is 1. The number of phenolic OH excluding ortho intramolecular Hbond substituents is 2. The summed E-state index contributed by atoms with van der Waals surface area (Å²) in [6.45, 7) is 0.955. The van der Waals surface area contributed by atoms with Gasteiger partial charge in [0.2, 0.25) is 0 Å². The molecule has 2 spiro atoms. The lowest BCUT2D eigenvalue weighted by atomic mass is 9.35. The van der Waals surface area contributed by atoms with Gasteiger partial charge in [0, 0.05) is 35.3 Å². The van der Waals surface area contributed by atoms with E-state index in [9.17, 15) is 10.2 Å². The molecule has 2 aromatic rings. The van der Waals surface area contributed by atoms with Crippen molar-refractivity contribution in [3.05, 3.63) is 46.5 Å². The molecule has 5 atom stereocenters. The molecule has 4 aliphatic carbocycles. The molecule has 2 fully saturated rings. The fourth-order valence-electron chi connectivity index (χ4n) is 8.49. The average Bonchev–Trinajstić information content (AvgIpc) is 3.15. The molecule has 2 N–H and O–H groups in total. The summed E-state index contributed by atoms with van der Waals surface area (Å²) in [4.78, 5) is 2.45. The number of rotatable bonds is 2. The third kappa shape index (κ3) is 1.59. The number of phenols is 2. The Hall–Kier alpha value is -2.44. The first-order valence-electron chi connectivity index (χ1n) is 11.1. The lowest BCUT2D eigenvalue weighted by Crippen LogP contribution is -2.79. The molecular weight excluding hydrogens is 394 g/mol.